The number of rotatable bonds is 2. The van der Waals surface area contributed by atoms with Gasteiger partial charge in [-0.05, 0) is 55.8 Å². The van der Waals surface area contributed by atoms with Crippen molar-refractivity contribution in [1.82, 2.24) is 0 Å². The van der Waals surface area contributed by atoms with Gasteiger partial charge in [-0.2, -0.15) is 0 Å². The predicted molar refractivity (Wildman–Crippen MR) is 106 cm³/mol. The molecule has 0 saturated heterocycles. The molecule has 4 nitrogen and oxygen atoms in total. The van der Waals surface area contributed by atoms with Gasteiger partial charge in [0.05, 0.1) is 11.3 Å². The zero-order valence-corrected chi connectivity index (χ0v) is 15.8. The van der Waals surface area contributed by atoms with Crippen molar-refractivity contribution < 1.29 is 13.9 Å². The minimum absolute atomic E-state index is 0.277. The fraction of sp³-hybridized carbons (Fsp3) is 0.227. The highest BCUT2D eigenvalue weighted by molar-refractivity contribution is 6.32. The smallest absolute Gasteiger partial charge is 0.260 e. The third-order valence-corrected chi connectivity index (χ3v) is 4.94. The van der Waals surface area contributed by atoms with Crippen LogP contribution in [0.1, 0.15) is 25.0 Å². The molecule has 0 aliphatic carbocycles. The minimum Gasteiger partial charge on any atom is -0.482 e. The zero-order valence-electron chi connectivity index (χ0n) is 15.8. The van der Waals surface area contributed by atoms with Gasteiger partial charge in [-0.25, -0.2) is 4.39 Å². The number of ether oxygens (including phenoxy) is 1. The fourth-order valence-corrected chi connectivity index (χ4v) is 3.56. The third-order valence-electron chi connectivity index (χ3n) is 4.94. The van der Waals surface area contributed by atoms with E-state index in [9.17, 15) is 9.18 Å². The monoisotopic (exact) mass is 364 g/mol. The second-order valence-corrected chi connectivity index (χ2v) is 7.50. The molecule has 0 fully saturated rings. The van der Waals surface area contributed by atoms with Gasteiger partial charge < -0.3 is 15.0 Å². The van der Waals surface area contributed by atoms with Gasteiger partial charge in [0.25, 0.3) is 5.91 Å². The van der Waals surface area contributed by atoms with E-state index in [0.29, 0.717) is 22.6 Å². The van der Waals surface area contributed by atoms with Crippen molar-refractivity contribution in [2.75, 3.05) is 24.3 Å². The quantitative estimate of drug-likeness (QED) is 0.801. The number of hydrogen-bond donors (Lipinski definition) is 1. The van der Waals surface area contributed by atoms with Gasteiger partial charge in [0.2, 0.25) is 0 Å². The van der Waals surface area contributed by atoms with E-state index < -0.39 is 5.60 Å². The van der Waals surface area contributed by atoms with Gasteiger partial charge in [0.15, 0.2) is 0 Å². The lowest BCUT2D eigenvalue weighted by atomic mass is 9.92. The van der Waals surface area contributed by atoms with E-state index in [1.165, 1.54) is 12.1 Å². The fourth-order valence-electron chi connectivity index (χ4n) is 3.56. The van der Waals surface area contributed by atoms with E-state index in [0.717, 1.165) is 16.8 Å². The van der Waals surface area contributed by atoms with Crippen LogP contribution in [0, 0.1) is 5.82 Å². The molecule has 2 heterocycles. The van der Waals surface area contributed by atoms with E-state index in [1.807, 2.05) is 57.1 Å². The minimum atomic E-state index is -0.587. The molecular formula is C22H21FN2O2. The molecule has 5 heteroatoms. The number of benzene rings is 2. The summed E-state index contributed by atoms with van der Waals surface area (Å²) >= 11 is 0. The van der Waals surface area contributed by atoms with E-state index >= 15 is 0 Å². The van der Waals surface area contributed by atoms with Gasteiger partial charge >= 0.3 is 0 Å². The maximum atomic E-state index is 13.5. The molecule has 1 amide bonds. The topological polar surface area (TPSA) is 41.6 Å². The van der Waals surface area contributed by atoms with Crippen molar-refractivity contribution in [3.63, 3.8) is 0 Å². The molecule has 0 saturated carbocycles. The molecule has 2 aromatic rings. The van der Waals surface area contributed by atoms with Crippen LogP contribution in [0.3, 0.4) is 0 Å². The van der Waals surface area contributed by atoms with Crippen LogP contribution in [0.4, 0.5) is 15.8 Å². The van der Waals surface area contributed by atoms with Crippen molar-refractivity contribution in [2.45, 2.75) is 19.4 Å². The number of hydrogen-bond acceptors (Lipinski definition) is 3. The molecule has 0 spiro atoms. The Morgan fingerprint density at radius 1 is 1.11 bits per heavy atom. The second-order valence-electron chi connectivity index (χ2n) is 7.50. The summed E-state index contributed by atoms with van der Waals surface area (Å²) in [7, 11) is 3.99. The Morgan fingerprint density at radius 3 is 2.63 bits per heavy atom. The van der Waals surface area contributed by atoms with Gasteiger partial charge in [-0.3, -0.25) is 4.79 Å². The van der Waals surface area contributed by atoms with Gasteiger partial charge in [0.1, 0.15) is 17.2 Å². The second kappa shape index (κ2) is 5.98. The summed E-state index contributed by atoms with van der Waals surface area (Å²) in [6.07, 6.45) is 1.92. The van der Waals surface area contributed by atoms with Crippen LogP contribution in [0.5, 0.6) is 0 Å². The van der Waals surface area contributed by atoms with Crippen LogP contribution in [-0.4, -0.2) is 25.6 Å². The molecule has 138 valence electrons. The Balaban J connectivity index is 1.85. The van der Waals surface area contributed by atoms with E-state index in [-0.39, 0.29) is 11.7 Å². The normalized spacial score (nSPS) is 20.0. The van der Waals surface area contributed by atoms with Crippen LogP contribution in [0.15, 0.2) is 54.3 Å². The first-order chi connectivity index (χ1) is 12.8. The van der Waals surface area contributed by atoms with E-state index in [4.69, 9.17) is 4.74 Å². The number of carbonyl (C=O) groups is 1. The van der Waals surface area contributed by atoms with Crippen molar-refractivity contribution in [3.05, 3.63) is 71.2 Å². The lowest BCUT2D eigenvalue weighted by Gasteiger charge is -2.24. The summed E-state index contributed by atoms with van der Waals surface area (Å²) in [5.74, 6) is -0.154. The van der Waals surface area contributed by atoms with Gasteiger partial charge in [-0.15, -0.1) is 0 Å². The first kappa shape index (κ1) is 17.3. The molecule has 4 rings (SSSR count). The molecule has 2 aliphatic heterocycles. The van der Waals surface area contributed by atoms with Crippen LogP contribution < -0.4 is 10.2 Å². The largest absolute Gasteiger partial charge is 0.482 e. The maximum absolute atomic E-state index is 13.5. The van der Waals surface area contributed by atoms with Crippen molar-refractivity contribution in [2.24, 2.45) is 0 Å². The summed E-state index contributed by atoms with van der Waals surface area (Å²) in [6.45, 7) is 3.96. The number of nitrogens with zero attached hydrogens (tertiary/aromatic N) is 1. The standard InChI is InChI=1S/C22H21FN2O2/c1-22(2)17(13-6-5-7-15(10-13)25(3)4)12-19(27-22)20-16-9-8-14(23)11-18(16)24-21(20)26/h5-12H,1-4H3,(H,24,26)/b20-19+. The Morgan fingerprint density at radius 2 is 1.89 bits per heavy atom. The predicted octanol–water partition coefficient (Wildman–Crippen LogP) is 4.45. The number of anilines is 2. The molecule has 0 unspecified atom stereocenters. The molecule has 0 radical (unpaired) electrons. The molecular weight excluding hydrogens is 343 g/mol. The number of nitrogens with one attached hydrogen (secondary N) is 1. The summed E-state index contributed by atoms with van der Waals surface area (Å²) in [4.78, 5) is 14.6. The Bertz CT molecular complexity index is 1020. The van der Waals surface area contributed by atoms with E-state index in [2.05, 4.69) is 11.4 Å². The first-order valence-corrected chi connectivity index (χ1v) is 8.81. The summed E-state index contributed by atoms with van der Waals surface area (Å²) in [5.41, 5.74) is 4.11. The van der Waals surface area contributed by atoms with Crippen LogP contribution in [0.25, 0.3) is 11.1 Å². The first-order valence-electron chi connectivity index (χ1n) is 8.81. The average Bonchev–Trinajstić information content (AvgIpc) is 3.09. The van der Waals surface area contributed by atoms with E-state index in [1.54, 1.807) is 6.07 Å². The lowest BCUT2D eigenvalue weighted by molar-refractivity contribution is -0.111. The number of fused-ring (bicyclic) bond motifs is 1. The molecule has 2 aliphatic rings. The van der Waals surface area contributed by atoms with Crippen molar-refractivity contribution in [1.29, 1.82) is 0 Å². The molecule has 0 atom stereocenters. The number of amides is 1. The SMILES string of the molecule is CN(C)c1cccc(C2=C/C(=C3\C(=O)Nc4cc(F)ccc43)OC2(C)C)c1. The number of allylic oxidation sites excluding steroid dienone is 1. The molecule has 27 heavy (non-hydrogen) atoms. The Hall–Kier alpha value is -3.08. The van der Waals surface area contributed by atoms with Gasteiger partial charge in [0, 0.05) is 30.9 Å². The van der Waals surface area contributed by atoms with Crippen LogP contribution in [0.2, 0.25) is 0 Å². The Labute approximate surface area is 157 Å². The molecule has 0 aromatic heterocycles. The zero-order chi connectivity index (χ0) is 19.3. The van der Waals surface area contributed by atoms with Crippen molar-refractivity contribution in [3.8, 4) is 0 Å². The summed E-state index contributed by atoms with van der Waals surface area (Å²) in [5, 5.41) is 2.72. The highest BCUT2D eigenvalue weighted by Gasteiger charge is 2.38. The molecule has 2 aromatic carbocycles. The average molecular weight is 364 g/mol. The van der Waals surface area contributed by atoms with Crippen LogP contribution in [-0.2, 0) is 9.53 Å². The van der Waals surface area contributed by atoms with Gasteiger partial charge in [-0.1, -0.05) is 12.1 Å². The lowest BCUT2D eigenvalue weighted by Crippen LogP contribution is -2.21. The maximum Gasteiger partial charge on any atom is 0.260 e. The highest BCUT2D eigenvalue weighted by Crippen LogP contribution is 2.44. The highest BCUT2D eigenvalue weighted by atomic mass is 19.1. The summed E-state index contributed by atoms with van der Waals surface area (Å²) < 4.78 is 19.7. The van der Waals surface area contributed by atoms with Crippen LogP contribution >= 0.6 is 0 Å². The third kappa shape index (κ3) is 2.89. The molecule has 0 bridgehead atoms. The van der Waals surface area contributed by atoms with Crippen molar-refractivity contribution >= 4 is 28.4 Å². The summed E-state index contributed by atoms with van der Waals surface area (Å²) in [6, 6.07) is 12.5. The number of halogens is 1. The Kier molecular flexibility index (Phi) is 3.84. The molecule has 1 N–H and O–H groups in total. The number of carbonyl (C=O) groups excluding carboxylic acids is 1.